The molecule has 0 aliphatic rings. The zero-order valence-corrected chi connectivity index (χ0v) is 25.9. The summed E-state index contributed by atoms with van der Waals surface area (Å²) in [5, 5.41) is 8.65. The van der Waals surface area contributed by atoms with E-state index in [2.05, 4.69) is 61.4 Å². The molecule has 0 saturated heterocycles. The second kappa shape index (κ2) is 13.2. The van der Waals surface area contributed by atoms with Crippen LogP contribution in [0.15, 0.2) is 89.5 Å². The summed E-state index contributed by atoms with van der Waals surface area (Å²) in [5.41, 5.74) is 4.91. The van der Waals surface area contributed by atoms with E-state index >= 15 is 0 Å². The lowest BCUT2D eigenvalue weighted by Gasteiger charge is -2.15. The van der Waals surface area contributed by atoms with Crippen molar-refractivity contribution in [2.45, 2.75) is 58.8 Å². The smallest absolute Gasteiger partial charge is 0.225 e. The van der Waals surface area contributed by atoms with Crippen molar-refractivity contribution in [2.24, 2.45) is 0 Å². The van der Waals surface area contributed by atoms with Crippen molar-refractivity contribution < 1.29 is 18.7 Å². The Kier molecular flexibility index (Phi) is 9.24. The lowest BCUT2D eigenvalue weighted by Crippen LogP contribution is -2.22. The Morgan fingerprint density at radius 1 is 0.976 bits per heavy atom. The largest absolute Gasteiger partial charge is 0.489 e. The molecule has 0 aliphatic heterocycles. The Labute approximate surface area is 248 Å². The summed E-state index contributed by atoms with van der Waals surface area (Å²) in [6.45, 7) is 10.5. The van der Waals surface area contributed by atoms with Crippen LogP contribution in [0.25, 0.3) is 33.4 Å². The van der Waals surface area contributed by atoms with E-state index in [0.717, 1.165) is 57.1 Å². The van der Waals surface area contributed by atoms with Gasteiger partial charge < -0.3 is 19.2 Å². The number of furan rings is 1. The van der Waals surface area contributed by atoms with Gasteiger partial charge in [0.2, 0.25) is 5.91 Å². The number of amides is 1. The van der Waals surface area contributed by atoms with Gasteiger partial charge in [0.1, 0.15) is 24.8 Å². The molecule has 0 unspecified atom stereocenters. The zero-order chi connectivity index (χ0) is 29.5. The lowest BCUT2D eigenvalue weighted by atomic mass is 9.96. The maximum Gasteiger partial charge on any atom is 0.225 e. The van der Waals surface area contributed by atoms with Gasteiger partial charge in [-0.2, -0.15) is 5.10 Å². The van der Waals surface area contributed by atoms with Crippen LogP contribution in [-0.2, 0) is 22.9 Å². The molecule has 1 N–H and O–H groups in total. The van der Waals surface area contributed by atoms with Crippen molar-refractivity contribution in [1.82, 2.24) is 9.78 Å². The van der Waals surface area contributed by atoms with Crippen molar-refractivity contribution in [2.75, 3.05) is 11.9 Å². The van der Waals surface area contributed by atoms with Gasteiger partial charge in [-0.25, -0.2) is 4.68 Å². The molecule has 42 heavy (non-hydrogen) atoms. The normalized spacial score (nSPS) is 11.6. The molecule has 0 aliphatic carbocycles. The van der Waals surface area contributed by atoms with Crippen LogP contribution in [0.3, 0.4) is 0 Å². The number of rotatable bonds is 13. The van der Waals surface area contributed by atoms with Gasteiger partial charge in [0.05, 0.1) is 11.8 Å². The fraction of sp³-hybridized carbons (Fsp3) is 0.294. The van der Waals surface area contributed by atoms with Gasteiger partial charge >= 0.3 is 0 Å². The number of hydrogen-bond acceptors (Lipinski definition) is 5. The highest BCUT2D eigenvalue weighted by Gasteiger charge is 2.20. The molecule has 0 radical (unpaired) electrons. The molecule has 0 saturated carbocycles. The molecule has 0 spiro atoms. The molecule has 0 atom stereocenters. The topological polar surface area (TPSA) is 78.5 Å². The number of anilines is 1. The first-order valence-corrected chi connectivity index (χ1v) is 18.2. The highest BCUT2D eigenvalue weighted by atomic mass is 28.3. The van der Waals surface area contributed by atoms with E-state index in [1.807, 2.05) is 54.1 Å². The first-order chi connectivity index (χ1) is 20.3. The van der Waals surface area contributed by atoms with Crippen LogP contribution in [0, 0.1) is 0 Å². The maximum absolute atomic E-state index is 12.6. The van der Waals surface area contributed by atoms with Crippen molar-refractivity contribution in [3.05, 3.63) is 90.7 Å². The number of carbonyl (C=O) groups is 1. The van der Waals surface area contributed by atoms with E-state index in [9.17, 15) is 4.79 Å². The minimum Gasteiger partial charge on any atom is -0.489 e. The summed E-state index contributed by atoms with van der Waals surface area (Å²) in [4.78, 5) is 12.6. The van der Waals surface area contributed by atoms with Crippen LogP contribution in [0.1, 0.15) is 25.3 Å². The first-order valence-electron chi connectivity index (χ1n) is 14.5. The van der Waals surface area contributed by atoms with Gasteiger partial charge in [-0.3, -0.25) is 4.79 Å². The van der Waals surface area contributed by atoms with Crippen molar-refractivity contribution in [3.63, 3.8) is 0 Å². The van der Waals surface area contributed by atoms with Crippen molar-refractivity contribution in [3.8, 4) is 28.2 Å². The second-order valence-corrected chi connectivity index (χ2v) is 17.3. The molecule has 0 bridgehead atoms. The Balaban J connectivity index is 1.51. The van der Waals surface area contributed by atoms with Gasteiger partial charge in [0.25, 0.3) is 0 Å². The van der Waals surface area contributed by atoms with E-state index in [-0.39, 0.29) is 5.91 Å². The number of fused-ring (bicyclic) bond motifs is 1. The Morgan fingerprint density at radius 2 is 1.76 bits per heavy atom. The summed E-state index contributed by atoms with van der Waals surface area (Å²) in [7, 11) is -1.23. The van der Waals surface area contributed by atoms with E-state index in [4.69, 9.17) is 19.0 Å². The molecule has 1 amide bonds. The van der Waals surface area contributed by atoms with Crippen LogP contribution in [0.5, 0.6) is 5.75 Å². The molecule has 2 aromatic heterocycles. The van der Waals surface area contributed by atoms with E-state index in [0.29, 0.717) is 32.2 Å². The number of nitrogens with zero attached hydrogens (tertiary/aromatic N) is 2. The number of carbonyl (C=O) groups excluding carboxylic acids is 1. The number of nitrogens with one attached hydrogen (secondary N) is 1. The van der Waals surface area contributed by atoms with E-state index < -0.39 is 8.07 Å². The first kappa shape index (κ1) is 29.4. The van der Waals surface area contributed by atoms with Gasteiger partial charge in [0.15, 0.2) is 5.82 Å². The van der Waals surface area contributed by atoms with Crippen LogP contribution in [0.2, 0.25) is 25.7 Å². The summed E-state index contributed by atoms with van der Waals surface area (Å²) < 4.78 is 19.8. The fourth-order valence-corrected chi connectivity index (χ4v) is 5.46. The summed E-state index contributed by atoms with van der Waals surface area (Å²) in [5.74, 6) is 2.01. The minimum atomic E-state index is -1.23. The van der Waals surface area contributed by atoms with Crippen LogP contribution in [0.4, 0.5) is 5.82 Å². The molecular weight excluding hydrogens is 542 g/mol. The van der Waals surface area contributed by atoms with Gasteiger partial charge in [0, 0.05) is 32.1 Å². The minimum absolute atomic E-state index is 0.0570. The quantitative estimate of drug-likeness (QED) is 0.111. The molecule has 3 aromatic carbocycles. The summed E-state index contributed by atoms with van der Waals surface area (Å²) >= 11 is 0. The van der Waals surface area contributed by atoms with Gasteiger partial charge in [-0.1, -0.05) is 69.0 Å². The fourth-order valence-electron chi connectivity index (χ4n) is 4.71. The molecule has 218 valence electrons. The van der Waals surface area contributed by atoms with Crippen molar-refractivity contribution in [1.29, 1.82) is 0 Å². The lowest BCUT2D eigenvalue weighted by molar-refractivity contribution is -0.116. The molecule has 7 nitrogen and oxygen atoms in total. The number of ether oxygens (including phenoxy) is 2. The van der Waals surface area contributed by atoms with E-state index in [1.165, 1.54) is 0 Å². The van der Waals surface area contributed by atoms with Gasteiger partial charge in [-0.15, -0.1) is 0 Å². The maximum atomic E-state index is 12.6. The zero-order valence-electron chi connectivity index (χ0n) is 24.9. The van der Waals surface area contributed by atoms with E-state index in [1.54, 1.807) is 6.26 Å². The third-order valence-electron chi connectivity index (χ3n) is 7.03. The highest BCUT2D eigenvalue weighted by molar-refractivity contribution is 6.76. The Bertz CT molecular complexity index is 1610. The average molecular weight is 582 g/mol. The highest BCUT2D eigenvalue weighted by Crippen LogP contribution is 2.39. The summed E-state index contributed by atoms with van der Waals surface area (Å²) in [6, 6.07) is 27.3. The molecular formula is C34H39N3O4Si. The Hall–Kier alpha value is -4.14. The predicted molar refractivity (Wildman–Crippen MR) is 171 cm³/mol. The summed E-state index contributed by atoms with van der Waals surface area (Å²) in [6.07, 6.45) is 2.86. The number of aromatic nitrogens is 2. The van der Waals surface area contributed by atoms with Crippen molar-refractivity contribution >= 4 is 30.7 Å². The predicted octanol–water partition coefficient (Wildman–Crippen LogP) is 8.59. The van der Waals surface area contributed by atoms with Crippen LogP contribution >= 0.6 is 0 Å². The number of benzene rings is 3. The molecule has 2 heterocycles. The monoisotopic (exact) mass is 581 g/mol. The Morgan fingerprint density at radius 3 is 2.45 bits per heavy atom. The second-order valence-electron chi connectivity index (χ2n) is 11.7. The molecule has 0 fully saturated rings. The third kappa shape index (κ3) is 7.38. The third-order valence-corrected chi connectivity index (χ3v) is 8.74. The van der Waals surface area contributed by atoms with Crippen LogP contribution < -0.4 is 10.1 Å². The SMILES string of the molecule is CCCC(=O)Nc1nn(COCC[Si](C)(C)C)c2cc(-c3ccc(OCc4ccccc4)cc3)c(-c3ccco3)cc12. The standard InChI is InChI=1S/C34H39N3O4Si/c1-5-10-33(38)35-34-30-21-29(32-13-9-18-40-32)28(22-31(30)37(36-34)24-39-19-20-42(2,3)4)26-14-16-27(17-15-26)41-23-25-11-7-6-8-12-25/h6-9,11-18,21-22H,5,10,19-20,23-24H2,1-4H3,(H,35,36,38). The molecule has 5 rings (SSSR count). The molecule has 8 heteroatoms. The van der Waals surface area contributed by atoms with Gasteiger partial charge in [-0.05, 0) is 65.6 Å². The van der Waals surface area contributed by atoms with Crippen LogP contribution in [-0.4, -0.2) is 30.4 Å². The average Bonchev–Trinajstić information content (AvgIpc) is 3.63. The molecule has 5 aromatic rings. The number of hydrogen-bond donors (Lipinski definition) is 1.